The number of anilines is 2. The number of carbonyl (C=O) groups is 2. The van der Waals surface area contributed by atoms with Crippen molar-refractivity contribution in [2.75, 3.05) is 43.2 Å². The van der Waals surface area contributed by atoms with Crippen molar-refractivity contribution in [3.05, 3.63) is 60.8 Å². The monoisotopic (exact) mass is 654 g/mol. The summed E-state index contributed by atoms with van der Waals surface area (Å²) in [6.45, 7) is 9.41. The van der Waals surface area contributed by atoms with Crippen molar-refractivity contribution >= 4 is 44.3 Å². The van der Waals surface area contributed by atoms with Crippen LogP contribution in [0.2, 0.25) is 0 Å². The van der Waals surface area contributed by atoms with Crippen LogP contribution >= 0.6 is 0 Å². The summed E-state index contributed by atoms with van der Waals surface area (Å²) in [5.74, 6) is 6.35. The number of alkyl halides is 1. The molecular formula is C33H39FN4O7S. The molecule has 1 aliphatic heterocycles. The number of benzene rings is 2. The molecule has 2 amide bonds. The van der Waals surface area contributed by atoms with Gasteiger partial charge in [0.1, 0.15) is 17.5 Å². The number of likely N-dealkylation sites (tertiary alicyclic amines) is 1. The highest BCUT2D eigenvalue weighted by molar-refractivity contribution is 7.90. The summed E-state index contributed by atoms with van der Waals surface area (Å²) in [5, 5.41) is 13.3. The maximum absolute atomic E-state index is 14.9. The van der Waals surface area contributed by atoms with Gasteiger partial charge in [-0.25, -0.2) is 22.4 Å². The zero-order valence-corrected chi connectivity index (χ0v) is 27.4. The first-order valence-corrected chi connectivity index (χ1v) is 16.5. The number of amides is 2. The summed E-state index contributed by atoms with van der Waals surface area (Å²) >= 11 is 0. The number of fused-ring (bicyclic) bond motifs is 1. The van der Waals surface area contributed by atoms with Crippen molar-refractivity contribution < 1.29 is 37.0 Å². The number of allylic oxidation sites excluding steroid dienone is 1. The second-order valence-corrected chi connectivity index (χ2v) is 13.9. The number of carbonyl (C=O) groups excluding carboxylic acids is 1. The Balaban J connectivity index is 1.69. The van der Waals surface area contributed by atoms with Gasteiger partial charge in [0.25, 0.3) is 0 Å². The van der Waals surface area contributed by atoms with E-state index in [1.54, 1.807) is 26.8 Å². The Bertz CT molecular complexity index is 1800. The fourth-order valence-corrected chi connectivity index (χ4v) is 5.80. The standard InChI is InChI=1S/C33H39FN4O7S/c1-7-16-37-22(19-24-26(11-8-12-28(24)37)35-27-15-18-36(31(39)40)21-25(27)34)10-9-17-38(32(41)45-33(2,3)4)29-14-13-23(46(6,42)43)20-30(29)44-5/h7-8,11-14,19-20,25,27,35H,1,15-18,21H2,2-6H3,(H,39,40). The number of nitrogens with zero attached hydrogens (tertiary/aromatic N) is 3. The maximum Gasteiger partial charge on any atom is 0.415 e. The van der Waals surface area contributed by atoms with Crippen LogP contribution in [0.15, 0.2) is 60.0 Å². The van der Waals surface area contributed by atoms with Gasteiger partial charge >= 0.3 is 12.2 Å². The van der Waals surface area contributed by atoms with Crippen LogP contribution in [0, 0.1) is 11.8 Å². The number of carboxylic acid groups (broad SMARTS) is 1. The minimum Gasteiger partial charge on any atom is -0.495 e. The van der Waals surface area contributed by atoms with Crippen molar-refractivity contribution in [3.8, 4) is 17.6 Å². The summed E-state index contributed by atoms with van der Waals surface area (Å²) in [6, 6.07) is 11.1. The molecule has 1 fully saturated rings. The molecule has 246 valence electrons. The smallest absolute Gasteiger partial charge is 0.415 e. The number of hydrogen-bond acceptors (Lipinski definition) is 7. The van der Waals surface area contributed by atoms with Crippen LogP contribution in [0.3, 0.4) is 0 Å². The van der Waals surface area contributed by atoms with Crippen LogP contribution in [0.1, 0.15) is 32.9 Å². The molecule has 2 N–H and O–H groups in total. The second-order valence-electron chi connectivity index (χ2n) is 11.9. The Kier molecular flexibility index (Phi) is 10.2. The topological polar surface area (TPSA) is 130 Å². The van der Waals surface area contributed by atoms with Crippen LogP contribution in [0.5, 0.6) is 5.75 Å². The van der Waals surface area contributed by atoms with Gasteiger partial charge in [0, 0.05) is 36.5 Å². The molecule has 2 unspecified atom stereocenters. The summed E-state index contributed by atoms with van der Waals surface area (Å²) < 4.78 is 52.3. The Hall–Kier alpha value is -4.70. The van der Waals surface area contributed by atoms with E-state index < -0.39 is 39.8 Å². The molecule has 3 aromatic rings. The predicted molar refractivity (Wildman–Crippen MR) is 175 cm³/mol. The normalized spacial score (nSPS) is 16.7. The third-order valence-corrected chi connectivity index (χ3v) is 8.46. The van der Waals surface area contributed by atoms with Gasteiger partial charge in [0.2, 0.25) is 0 Å². The van der Waals surface area contributed by atoms with E-state index in [0.29, 0.717) is 24.3 Å². The van der Waals surface area contributed by atoms with E-state index in [4.69, 9.17) is 9.47 Å². The van der Waals surface area contributed by atoms with Crippen molar-refractivity contribution in [3.63, 3.8) is 0 Å². The Morgan fingerprint density at radius 3 is 2.59 bits per heavy atom. The zero-order chi connectivity index (χ0) is 33.8. The molecule has 0 saturated carbocycles. The predicted octanol–water partition coefficient (Wildman–Crippen LogP) is 5.53. The van der Waals surface area contributed by atoms with Gasteiger partial charge in [0.05, 0.1) is 48.0 Å². The molecular weight excluding hydrogens is 615 g/mol. The van der Waals surface area contributed by atoms with E-state index in [2.05, 4.69) is 23.7 Å². The van der Waals surface area contributed by atoms with Gasteiger partial charge in [0.15, 0.2) is 9.84 Å². The van der Waals surface area contributed by atoms with Crippen LogP contribution < -0.4 is 15.0 Å². The van der Waals surface area contributed by atoms with Gasteiger partial charge in [-0.2, -0.15) is 0 Å². The average Bonchev–Trinajstić information content (AvgIpc) is 3.32. The molecule has 0 bridgehead atoms. The highest BCUT2D eigenvalue weighted by Gasteiger charge is 2.32. The number of sulfone groups is 1. The Morgan fingerprint density at radius 1 is 1.24 bits per heavy atom. The quantitative estimate of drug-likeness (QED) is 0.240. The zero-order valence-electron chi connectivity index (χ0n) is 26.5. The van der Waals surface area contributed by atoms with Crippen LogP contribution in [0.4, 0.5) is 25.4 Å². The summed E-state index contributed by atoms with van der Waals surface area (Å²) in [4.78, 5) is 27.0. The number of halogens is 1. The van der Waals surface area contributed by atoms with E-state index in [-0.39, 0.29) is 36.0 Å². The molecule has 1 aliphatic rings. The van der Waals surface area contributed by atoms with Crippen LogP contribution in [-0.4, -0.2) is 86.0 Å². The van der Waals surface area contributed by atoms with Gasteiger partial charge in [-0.1, -0.05) is 18.1 Å². The summed E-state index contributed by atoms with van der Waals surface area (Å²) in [5.41, 5.74) is 1.60. The number of piperidine rings is 1. The molecule has 4 rings (SSSR count). The lowest BCUT2D eigenvalue weighted by atomic mass is 10.0. The lowest BCUT2D eigenvalue weighted by Gasteiger charge is -2.34. The Labute approximate surface area is 268 Å². The summed E-state index contributed by atoms with van der Waals surface area (Å²) in [6.07, 6.45) is -0.0799. The van der Waals surface area contributed by atoms with Crippen molar-refractivity contribution in [2.24, 2.45) is 0 Å². The molecule has 0 aliphatic carbocycles. The average molecular weight is 655 g/mol. The third kappa shape index (κ3) is 7.92. The molecule has 1 aromatic heterocycles. The molecule has 0 radical (unpaired) electrons. The van der Waals surface area contributed by atoms with Gasteiger partial charge in [-0.05, 0) is 63.4 Å². The summed E-state index contributed by atoms with van der Waals surface area (Å²) in [7, 11) is -2.15. The van der Waals surface area contributed by atoms with E-state index in [0.717, 1.165) is 22.1 Å². The molecule has 11 nitrogen and oxygen atoms in total. The van der Waals surface area contributed by atoms with Crippen molar-refractivity contribution in [1.29, 1.82) is 0 Å². The van der Waals surface area contributed by atoms with Crippen LogP contribution in [-0.2, 0) is 21.1 Å². The fraction of sp³-hybridized carbons (Fsp3) is 0.394. The first-order valence-electron chi connectivity index (χ1n) is 14.6. The van der Waals surface area contributed by atoms with Gasteiger partial charge < -0.3 is 29.4 Å². The number of aromatic nitrogens is 1. The van der Waals surface area contributed by atoms with Gasteiger partial charge in [-0.3, -0.25) is 4.90 Å². The SMILES string of the molecule is C=CCn1c(C#CCN(C(=O)OC(C)(C)C)c2ccc(S(C)(=O)=O)cc2OC)cc2c(NC3CCN(C(=O)O)CC3F)cccc21. The highest BCUT2D eigenvalue weighted by Crippen LogP contribution is 2.33. The molecule has 2 aromatic carbocycles. The lowest BCUT2D eigenvalue weighted by molar-refractivity contribution is 0.0584. The van der Waals surface area contributed by atoms with Gasteiger partial charge in [-0.15, -0.1) is 6.58 Å². The number of ether oxygens (including phenoxy) is 2. The first-order chi connectivity index (χ1) is 21.6. The molecule has 2 heterocycles. The Morgan fingerprint density at radius 2 is 1.98 bits per heavy atom. The highest BCUT2D eigenvalue weighted by atomic mass is 32.2. The number of rotatable bonds is 8. The second kappa shape index (κ2) is 13.7. The largest absolute Gasteiger partial charge is 0.495 e. The molecule has 1 saturated heterocycles. The molecule has 13 heteroatoms. The molecule has 2 atom stereocenters. The molecule has 0 spiro atoms. The number of methoxy groups -OCH3 is 1. The van der Waals surface area contributed by atoms with E-state index >= 15 is 0 Å². The molecule has 46 heavy (non-hydrogen) atoms. The maximum atomic E-state index is 14.9. The van der Waals surface area contributed by atoms with Crippen molar-refractivity contribution in [1.82, 2.24) is 9.47 Å². The minimum atomic E-state index is -3.53. The van der Waals surface area contributed by atoms with Crippen molar-refractivity contribution in [2.45, 2.75) is 56.4 Å². The van der Waals surface area contributed by atoms with E-state index in [1.165, 1.54) is 30.2 Å². The number of nitrogens with one attached hydrogen (secondary N) is 1. The minimum absolute atomic E-state index is 0.0354. The van der Waals surface area contributed by atoms with E-state index in [1.807, 2.05) is 28.8 Å². The van der Waals surface area contributed by atoms with Crippen LogP contribution in [0.25, 0.3) is 10.9 Å². The fourth-order valence-electron chi connectivity index (χ4n) is 5.17. The lowest BCUT2D eigenvalue weighted by Crippen LogP contribution is -2.49. The number of hydrogen-bond donors (Lipinski definition) is 2. The third-order valence-electron chi connectivity index (χ3n) is 7.35. The first kappa shape index (κ1) is 34.2. The van der Waals surface area contributed by atoms with E-state index in [9.17, 15) is 27.5 Å².